The summed E-state index contributed by atoms with van der Waals surface area (Å²) in [5.74, 6) is -0.375. The van der Waals surface area contributed by atoms with E-state index in [1.54, 1.807) is 10.8 Å². The normalized spacial score (nSPS) is 12.1. The lowest BCUT2D eigenvalue weighted by Gasteiger charge is -2.17. The van der Waals surface area contributed by atoms with E-state index >= 15 is 0 Å². The number of hydrogen-bond donors (Lipinski definition) is 1. The van der Waals surface area contributed by atoms with Crippen molar-refractivity contribution in [2.24, 2.45) is 0 Å². The molecule has 0 atom stereocenters. The highest BCUT2D eigenvalue weighted by Crippen LogP contribution is 2.32. The van der Waals surface area contributed by atoms with Crippen LogP contribution in [0.5, 0.6) is 0 Å². The monoisotopic (exact) mass is 533 g/mol. The molecule has 176 valence electrons. The molecule has 2 rings (SSSR count). The van der Waals surface area contributed by atoms with Crippen LogP contribution in [-0.4, -0.2) is 50.3 Å². The predicted octanol–water partition coefficient (Wildman–Crippen LogP) is 5.48. The standard InChI is InChI=1S/C8H11NS2.C7H9NO2.C5H10BrNO.C2H6/c1-7(2)10-11-8-5-3-4-6-9-8;1-5(2)8-6(9)3-4-7(8)10;1-4(2)7-5(8)3-6;1-2/h3-7H,1-2H3;3-5H,1-2H3;4H,3H2,1-2H3,(H,7,8);1-2H3. The molecule has 0 saturated heterocycles. The summed E-state index contributed by atoms with van der Waals surface area (Å²) in [7, 11) is 3.57. The summed E-state index contributed by atoms with van der Waals surface area (Å²) >= 11 is 3.03. The van der Waals surface area contributed by atoms with Crippen LogP contribution in [0.4, 0.5) is 0 Å². The van der Waals surface area contributed by atoms with Crippen molar-refractivity contribution in [3.63, 3.8) is 0 Å². The summed E-state index contributed by atoms with van der Waals surface area (Å²) < 4.78 is 0. The van der Waals surface area contributed by atoms with Crippen LogP contribution in [0.25, 0.3) is 0 Å². The number of aromatic nitrogens is 1. The summed E-state index contributed by atoms with van der Waals surface area (Å²) in [5, 5.41) is 4.84. The van der Waals surface area contributed by atoms with Crippen LogP contribution < -0.4 is 5.32 Å². The van der Waals surface area contributed by atoms with E-state index in [-0.39, 0.29) is 29.8 Å². The first-order chi connectivity index (χ1) is 14.6. The minimum Gasteiger partial charge on any atom is -0.353 e. The van der Waals surface area contributed by atoms with Crippen molar-refractivity contribution in [1.29, 1.82) is 0 Å². The van der Waals surface area contributed by atoms with Gasteiger partial charge in [-0.05, 0) is 50.6 Å². The summed E-state index contributed by atoms with van der Waals surface area (Å²) in [6.45, 7) is 15.8. The van der Waals surface area contributed by atoms with E-state index < -0.39 is 0 Å². The van der Waals surface area contributed by atoms with Gasteiger partial charge in [0, 0.05) is 35.7 Å². The zero-order valence-electron chi connectivity index (χ0n) is 19.7. The Morgan fingerprint density at radius 3 is 1.90 bits per heavy atom. The third kappa shape index (κ3) is 17.0. The first-order valence-electron chi connectivity index (χ1n) is 10.2. The van der Waals surface area contributed by atoms with Gasteiger partial charge in [-0.2, -0.15) is 0 Å². The van der Waals surface area contributed by atoms with Crippen molar-refractivity contribution in [3.05, 3.63) is 36.5 Å². The number of rotatable bonds is 6. The Kier molecular flexibility index (Phi) is 19.9. The number of hydrogen-bond acceptors (Lipinski definition) is 6. The van der Waals surface area contributed by atoms with Gasteiger partial charge in [0.05, 0.1) is 5.33 Å². The third-order valence-corrected chi connectivity index (χ3v) is 6.25. The smallest absolute Gasteiger partial charge is 0.253 e. The minimum absolute atomic E-state index is 0.0324. The van der Waals surface area contributed by atoms with Crippen molar-refractivity contribution in [1.82, 2.24) is 15.2 Å². The fraction of sp³-hybridized carbons (Fsp3) is 0.545. The largest absolute Gasteiger partial charge is 0.353 e. The van der Waals surface area contributed by atoms with Crippen LogP contribution in [0.2, 0.25) is 0 Å². The first kappa shape index (κ1) is 31.9. The van der Waals surface area contributed by atoms with Crippen LogP contribution in [0, 0.1) is 0 Å². The number of pyridine rings is 1. The van der Waals surface area contributed by atoms with Crippen LogP contribution in [0.1, 0.15) is 55.4 Å². The molecular formula is C22H36BrN3O3S2. The summed E-state index contributed by atoms with van der Waals surface area (Å²) in [5.41, 5.74) is 0. The van der Waals surface area contributed by atoms with E-state index in [0.717, 1.165) is 5.03 Å². The highest BCUT2D eigenvalue weighted by atomic mass is 79.9. The lowest BCUT2D eigenvalue weighted by molar-refractivity contribution is -0.138. The van der Waals surface area contributed by atoms with Gasteiger partial charge in [-0.25, -0.2) is 4.98 Å². The molecule has 0 radical (unpaired) electrons. The molecule has 1 aliphatic heterocycles. The van der Waals surface area contributed by atoms with Gasteiger partial charge in [0.2, 0.25) is 5.91 Å². The molecule has 3 amide bonds. The maximum absolute atomic E-state index is 10.8. The predicted molar refractivity (Wildman–Crippen MR) is 137 cm³/mol. The minimum atomic E-state index is -0.208. The molecule has 0 bridgehead atoms. The fourth-order valence-corrected chi connectivity index (χ4v) is 3.68. The van der Waals surface area contributed by atoms with Gasteiger partial charge in [-0.15, -0.1) is 0 Å². The van der Waals surface area contributed by atoms with Crippen molar-refractivity contribution in [2.75, 3.05) is 5.33 Å². The van der Waals surface area contributed by atoms with Crippen molar-refractivity contribution >= 4 is 55.2 Å². The molecular weight excluding hydrogens is 498 g/mol. The molecule has 31 heavy (non-hydrogen) atoms. The molecule has 0 aromatic carbocycles. The Morgan fingerprint density at radius 2 is 1.61 bits per heavy atom. The number of carbonyl (C=O) groups is 3. The Morgan fingerprint density at radius 1 is 1.06 bits per heavy atom. The number of imide groups is 1. The maximum atomic E-state index is 10.8. The van der Waals surface area contributed by atoms with Crippen LogP contribution >= 0.6 is 37.5 Å². The molecule has 0 spiro atoms. The van der Waals surface area contributed by atoms with Crippen molar-refractivity contribution in [2.45, 2.75) is 77.7 Å². The van der Waals surface area contributed by atoms with Gasteiger partial charge in [0.1, 0.15) is 5.03 Å². The van der Waals surface area contributed by atoms with Crippen molar-refractivity contribution < 1.29 is 14.4 Å². The lowest BCUT2D eigenvalue weighted by Crippen LogP contribution is -2.36. The number of nitrogens with one attached hydrogen (secondary N) is 1. The van der Waals surface area contributed by atoms with Gasteiger partial charge in [0.25, 0.3) is 11.8 Å². The number of nitrogens with zero attached hydrogens (tertiary/aromatic N) is 2. The van der Waals surface area contributed by atoms with E-state index in [2.05, 4.69) is 40.1 Å². The molecule has 9 heteroatoms. The SMILES string of the molecule is CC.CC(C)N1C(=O)C=CC1=O.CC(C)NC(=O)CBr.CC(C)SSc1ccccn1. The Labute approximate surface area is 203 Å². The highest BCUT2D eigenvalue weighted by Gasteiger charge is 2.25. The van der Waals surface area contributed by atoms with E-state index in [9.17, 15) is 14.4 Å². The molecule has 2 heterocycles. The van der Waals surface area contributed by atoms with Gasteiger partial charge in [-0.1, -0.05) is 60.5 Å². The van der Waals surface area contributed by atoms with E-state index in [4.69, 9.17) is 0 Å². The Balaban J connectivity index is 0. The van der Waals surface area contributed by atoms with Crippen molar-refractivity contribution in [3.8, 4) is 0 Å². The van der Waals surface area contributed by atoms with Crippen LogP contribution in [0.15, 0.2) is 41.6 Å². The maximum Gasteiger partial charge on any atom is 0.253 e. The van der Waals surface area contributed by atoms with E-state index in [1.165, 1.54) is 17.1 Å². The average Bonchev–Trinajstić information content (AvgIpc) is 3.07. The molecule has 1 N–H and O–H groups in total. The topological polar surface area (TPSA) is 79.4 Å². The summed E-state index contributed by atoms with van der Waals surface area (Å²) in [4.78, 5) is 37.6. The zero-order chi connectivity index (χ0) is 24.4. The second kappa shape index (κ2) is 19.4. The quantitative estimate of drug-likeness (QED) is 0.296. The second-order valence-electron chi connectivity index (χ2n) is 6.73. The molecule has 1 aromatic heterocycles. The van der Waals surface area contributed by atoms with Crippen LogP contribution in [-0.2, 0) is 14.4 Å². The number of amides is 3. The number of alkyl halides is 1. The van der Waals surface area contributed by atoms with Crippen LogP contribution in [0.3, 0.4) is 0 Å². The molecule has 0 fully saturated rings. The molecule has 0 aliphatic carbocycles. The molecule has 1 aliphatic rings. The van der Waals surface area contributed by atoms with Gasteiger partial charge < -0.3 is 5.32 Å². The van der Waals surface area contributed by atoms with E-state index in [1.807, 2.05) is 76.7 Å². The van der Waals surface area contributed by atoms with Gasteiger partial charge in [0.15, 0.2) is 0 Å². The highest BCUT2D eigenvalue weighted by molar-refractivity contribution is 9.09. The summed E-state index contributed by atoms with van der Waals surface area (Å²) in [6.07, 6.45) is 4.41. The second-order valence-corrected chi connectivity index (χ2v) is 10.1. The van der Waals surface area contributed by atoms with Gasteiger partial charge in [-0.3, -0.25) is 19.3 Å². The number of carbonyl (C=O) groups excluding carboxylic acids is 3. The average molecular weight is 535 g/mol. The zero-order valence-corrected chi connectivity index (χ0v) is 22.9. The summed E-state index contributed by atoms with van der Waals surface area (Å²) in [6, 6.07) is 6.19. The van der Waals surface area contributed by atoms with E-state index in [0.29, 0.717) is 10.6 Å². The Hall–Kier alpha value is -1.32. The third-order valence-electron chi connectivity index (χ3n) is 2.89. The molecule has 1 aromatic rings. The fourth-order valence-electron chi connectivity index (χ4n) is 1.82. The molecule has 6 nitrogen and oxygen atoms in total. The lowest BCUT2D eigenvalue weighted by atomic mass is 10.3. The molecule has 0 saturated carbocycles. The number of halogens is 1. The van der Waals surface area contributed by atoms with Gasteiger partial charge >= 0.3 is 0 Å². The first-order valence-corrected chi connectivity index (χ1v) is 13.6. The molecule has 0 unspecified atom stereocenters. The Bertz CT molecular complexity index is 651.